The summed E-state index contributed by atoms with van der Waals surface area (Å²) in [5.74, 6) is -0.458. The largest absolute Gasteiger partial charge is 0.398 e. The van der Waals surface area contributed by atoms with E-state index in [0.29, 0.717) is 29.4 Å². The van der Waals surface area contributed by atoms with Crippen LogP contribution in [-0.4, -0.2) is 56.1 Å². The molecule has 0 bridgehead atoms. The number of rotatable bonds is 6. The molecule has 1 saturated heterocycles. The maximum absolute atomic E-state index is 16.0. The Bertz CT molecular complexity index is 1710. The molecule has 2 saturated carbocycles. The van der Waals surface area contributed by atoms with Crippen molar-refractivity contribution < 1.29 is 8.78 Å². The van der Waals surface area contributed by atoms with Crippen LogP contribution in [0.15, 0.2) is 41.3 Å². The van der Waals surface area contributed by atoms with E-state index >= 15 is 8.78 Å². The third-order valence-electron chi connectivity index (χ3n) is 9.07. The van der Waals surface area contributed by atoms with Crippen molar-refractivity contribution in [3.63, 3.8) is 0 Å². The minimum Gasteiger partial charge on any atom is -0.398 e. The predicted octanol–water partition coefficient (Wildman–Crippen LogP) is 5.38. The Balaban J connectivity index is 1.54. The molecule has 0 amide bonds. The van der Waals surface area contributed by atoms with Crippen molar-refractivity contribution in [1.29, 1.82) is 0 Å². The minimum atomic E-state index is -0.725. The summed E-state index contributed by atoms with van der Waals surface area (Å²) in [6.07, 6.45) is 5.84. The van der Waals surface area contributed by atoms with E-state index in [2.05, 4.69) is 35.6 Å². The van der Waals surface area contributed by atoms with Crippen LogP contribution in [0.4, 0.5) is 20.3 Å². The second-order valence-corrected chi connectivity index (χ2v) is 12.1. The molecule has 3 fully saturated rings. The van der Waals surface area contributed by atoms with Crippen molar-refractivity contribution in [2.45, 2.75) is 70.4 Å². The van der Waals surface area contributed by atoms with Crippen molar-refractivity contribution in [2.75, 3.05) is 30.3 Å². The Morgan fingerprint density at radius 1 is 0.976 bits per heavy atom. The zero-order valence-electron chi connectivity index (χ0n) is 24.1. The van der Waals surface area contributed by atoms with Crippen molar-refractivity contribution in [2.24, 2.45) is 0 Å². The number of pyridine rings is 2. The first-order valence-corrected chi connectivity index (χ1v) is 14.9. The van der Waals surface area contributed by atoms with Crippen LogP contribution in [0.2, 0.25) is 0 Å². The minimum absolute atomic E-state index is 0.0273. The Morgan fingerprint density at radius 3 is 2.43 bits per heavy atom. The molecule has 42 heavy (non-hydrogen) atoms. The number of piperazine rings is 1. The van der Waals surface area contributed by atoms with Crippen molar-refractivity contribution in [3.05, 3.63) is 69.9 Å². The summed E-state index contributed by atoms with van der Waals surface area (Å²) < 4.78 is 32.7. The number of halogens is 2. The van der Waals surface area contributed by atoms with Crippen molar-refractivity contribution >= 4 is 22.5 Å². The molecule has 4 aromatic rings. The van der Waals surface area contributed by atoms with Gasteiger partial charge in [0.15, 0.2) is 11.5 Å². The molecular weight excluding hydrogens is 536 g/mol. The molecule has 1 aromatic carbocycles. The first-order valence-electron chi connectivity index (χ1n) is 14.9. The average molecular weight is 572 g/mol. The van der Waals surface area contributed by atoms with Gasteiger partial charge < -0.3 is 10.6 Å². The summed E-state index contributed by atoms with van der Waals surface area (Å²) in [5.41, 5.74) is 8.16. The fraction of sp³-hybridized carbons (Fsp3) is 0.438. The lowest BCUT2D eigenvalue weighted by atomic mass is 10.0. The van der Waals surface area contributed by atoms with E-state index in [-0.39, 0.29) is 40.6 Å². The van der Waals surface area contributed by atoms with Crippen molar-refractivity contribution in [1.82, 2.24) is 24.4 Å². The van der Waals surface area contributed by atoms with Crippen LogP contribution >= 0.6 is 0 Å². The van der Waals surface area contributed by atoms with Gasteiger partial charge in [-0.25, -0.2) is 23.1 Å². The third-order valence-corrected chi connectivity index (χ3v) is 9.07. The van der Waals surface area contributed by atoms with E-state index in [1.54, 1.807) is 0 Å². The molecule has 0 spiro atoms. The van der Waals surface area contributed by atoms with Gasteiger partial charge in [0.05, 0.1) is 22.3 Å². The number of nitrogen functional groups attached to an aromatic ring is 1. The maximum Gasteiger partial charge on any atom is 0.355 e. The summed E-state index contributed by atoms with van der Waals surface area (Å²) in [7, 11) is 0. The normalized spacial score (nSPS) is 21.3. The van der Waals surface area contributed by atoms with E-state index in [0.717, 1.165) is 50.0 Å². The summed E-state index contributed by atoms with van der Waals surface area (Å²) in [5, 5.41) is 0.405. The smallest absolute Gasteiger partial charge is 0.355 e. The molecule has 2 atom stereocenters. The lowest BCUT2D eigenvalue weighted by molar-refractivity contribution is 0.174. The lowest BCUT2D eigenvalue weighted by Gasteiger charge is -2.44. The number of likely N-dealkylation sites (N-methyl/N-ethyl adjacent to an activating group) is 1. The van der Waals surface area contributed by atoms with Crippen LogP contribution in [-0.2, 0) is 0 Å². The van der Waals surface area contributed by atoms with Crippen LogP contribution < -0.4 is 16.3 Å². The number of anilines is 2. The molecule has 2 aliphatic carbocycles. The van der Waals surface area contributed by atoms with E-state index in [1.165, 1.54) is 28.8 Å². The topological polar surface area (TPSA) is 93.2 Å². The molecule has 0 unspecified atom stereocenters. The van der Waals surface area contributed by atoms with Gasteiger partial charge in [-0.1, -0.05) is 13.0 Å². The van der Waals surface area contributed by atoms with Gasteiger partial charge in [0, 0.05) is 43.0 Å². The Kier molecular flexibility index (Phi) is 6.49. The van der Waals surface area contributed by atoms with Crippen LogP contribution in [0.5, 0.6) is 0 Å². The number of aromatic nitrogens is 4. The highest BCUT2D eigenvalue weighted by Crippen LogP contribution is 2.48. The zero-order chi connectivity index (χ0) is 29.3. The van der Waals surface area contributed by atoms with Gasteiger partial charge in [-0.3, -0.25) is 9.88 Å². The van der Waals surface area contributed by atoms with Gasteiger partial charge >= 0.3 is 5.69 Å². The Hall–Kier alpha value is -3.92. The second kappa shape index (κ2) is 10.1. The maximum atomic E-state index is 16.0. The number of nitrogens with two attached hydrogens (primary N) is 1. The second-order valence-electron chi connectivity index (χ2n) is 12.1. The molecule has 10 heteroatoms. The van der Waals surface area contributed by atoms with Gasteiger partial charge in [0.2, 0.25) is 0 Å². The molecule has 7 rings (SSSR count). The molecule has 2 N–H and O–H groups in total. The van der Waals surface area contributed by atoms with Crippen LogP contribution in [0.1, 0.15) is 69.5 Å². The van der Waals surface area contributed by atoms with E-state index in [1.807, 2.05) is 12.3 Å². The van der Waals surface area contributed by atoms with Crippen LogP contribution in [0.3, 0.4) is 0 Å². The molecule has 3 aromatic heterocycles. The SMILES string of the molecule is CCN1C[C@H](C)N(c2nc(=O)n(-c3c(C4CC4)ccnc3C3CC3)c3nc(-c4c(N)cccc4F)c(F)cc23)C[C@H]1C. The summed E-state index contributed by atoms with van der Waals surface area (Å²) in [6.45, 7) is 8.67. The Labute approximate surface area is 243 Å². The van der Waals surface area contributed by atoms with Crippen molar-refractivity contribution in [3.8, 4) is 16.9 Å². The lowest BCUT2D eigenvalue weighted by Crippen LogP contribution is -2.57. The van der Waals surface area contributed by atoms with Gasteiger partial charge in [-0.15, -0.1) is 0 Å². The highest BCUT2D eigenvalue weighted by Gasteiger charge is 2.37. The van der Waals surface area contributed by atoms with Crippen LogP contribution in [0.25, 0.3) is 28.0 Å². The first-order chi connectivity index (χ1) is 20.3. The number of fused-ring (bicyclic) bond motifs is 1. The molecule has 8 nitrogen and oxygen atoms in total. The molecular formula is C32H35F2N7O. The molecule has 0 radical (unpaired) electrons. The van der Waals surface area contributed by atoms with Crippen LogP contribution in [0, 0.1) is 11.6 Å². The monoisotopic (exact) mass is 571 g/mol. The first kappa shape index (κ1) is 26.9. The van der Waals surface area contributed by atoms with Gasteiger partial charge in [0.1, 0.15) is 17.3 Å². The predicted molar refractivity (Wildman–Crippen MR) is 160 cm³/mol. The van der Waals surface area contributed by atoms with Gasteiger partial charge in [0.25, 0.3) is 0 Å². The fourth-order valence-electron chi connectivity index (χ4n) is 6.53. The third kappa shape index (κ3) is 4.43. The number of benzene rings is 1. The molecule has 1 aliphatic heterocycles. The standard InChI is InChI=1S/C32H35F2N7O/c1-4-39-15-18(3)40(16-17(39)2)30-22-14-24(34)28(26-23(33)6-5-7-25(26)35)37-31(22)41(32(42)38-30)29-21(19-8-9-19)12-13-36-27(29)20-10-11-20/h5-7,12-14,17-20H,4,8-11,15-16,35H2,1-3H3/t17-,18+/m1/s1. The average Bonchev–Trinajstić information content (AvgIpc) is 3.88. The highest BCUT2D eigenvalue weighted by atomic mass is 19.1. The molecule has 3 aliphatic rings. The number of hydrogen-bond donors (Lipinski definition) is 1. The van der Waals surface area contributed by atoms with Gasteiger partial charge in [-0.2, -0.15) is 4.98 Å². The van der Waals surface area contributed by atoms with E-state index in [4.69, 9.17) is 15.7 Å². The van der Waals surface area contributed by atoms with Gasteiger partial charge in [-0.05, 0) is 81.8 Å². The Morgan fingerprint density at radius 2 is 1.74 bits per heavy atom. The number of hydrogen-bond acceptors (Lipinski definition) is 7. The van der Waals surface area contributed by atoms with E-state index < -0.39 is 17.3 Å². The summed E-state index contributed by atoms with van der Waals surface area (Å²) >= 11 is 0. The zero-order valence-corrected chi connectivity index (χ0v) is 24.1. The molecule has 4 heterocycles. The summed E-state index contributed by atoms with van der Waals surface area (Å²) in [6, 6.07) is 7.77. The fourth-order valence-corrected chi connectivity index (χ4v) is 6.53. The van der Waals surface area contributed by atoms with E-state index in [9.17, 15) is 4.79 Å². The highest BCUT2D eigenvalue weighted by molar-refractivity contribution is 5.91. The number of nitrogens with zero attached hydrogens (tertiary/aromatic N) is 6. The molecule has 218 valence electrons. The quantitative estimate of drug-likeness (QED) is 0.311. The summed E-state index contributed by atoms with van der Waals surface area (Å²) in [4.78, 5) is 32.8.